The SMILES string of the molecule is CCCOc1c(Cl)cc(C(=O)N2CCCC2c2nnc3n2CCCCC3)cc1OC. The maximum atomic E-state index is 13.4. The molecular formula is C22H29ClN4O3. The zero-order valence-electron chi connectivity index (χ0n) is 17.7. The highest BCUT2D eigenvalue weighted by Gasteiger charge is 2.35. The Morgan fingerprint density at radius 2 is 2.07 bits per heavy atom. The van der Waals surface area contributed by atoms with Gasteiger partial charge in [-0.15, -0.1) is 10.2 Å². The predicted octanol–water partition coefficient (Wildman–Crippen LogP) is 4.43. The lowest BCUT2D eigenvalue weighted by molar-refractivity contribution is 0.0726. The third kappa shape index (κ3) is 4.00. The van der Waals surface area contributed by atoms with Gasteiger partial charge in [0.15, 0.2) is 17.3 Å². The van der Waals surface area contributed by atoms with Crippen LogP contribution in [0.3, 0.4) is 0 Å². The van der Waals surface area contributed by atoms with E-state index in [0.29, 0.717) is 35.2 Å². The highest BCUT2D eigenvalue weighted by atomic mass is 35.5. The van der Waals surface area contributed by atoms with Gasteiger partial charge >= 0.3 is 0 Å². The van der Waals surface area contributed by atoms with Crippen molar-refractivity contribution >= 4 is 17.5 Å². The topological polar surface area (TPSA) is 69.5 Å². The summed E-state index contributed by atoms with van der Waals surface area (Å²) >= 11 is 6.45. The molecule has 4 rings (SSSR count). The van der Waals surface area contributed by atoms with E-state index in [9.17, 15) is 4.79 Å². The first-order valence-corrected chi connectivity index (χ1v) is 11.2. The number of hydrogen-bond donors (Lipinski definition) is 0. The van der Waals surface area contributed by atoms with Crippen LogP contribution in [-0.4, -0.2) is 45.8 Å². The first-order valence-electron chi connectivity index (χ1n) is 10.9. The summed E-state index contributed by atoms with van der Waals surface area (Å²) in [6.45, 7) is 4.19. The fourth-order valence-corrected chi connectivity index (χ4v) is 4.65. The summed E-state index contributed by atoms with van der Waals surface area (Å²) < 4.78 is 13.4. The lowest BCUT2D eigenvalue weighted by atomic mass is 10.1. The van der Waals surface area contributed by atoms with Crippen LogP contribution in [0.2, 0.25) is 5.02 Å². The summed E-state index contributed by atoms with van der Waals surface area (Å²) in [5.41, 5.74) is 0.503. The van der Waals surface area contributed by atoms with Crippen molar-refractivity contribution in [3.8, 4) is 11.5 Å². The van der Waals surface area contributed by atoms with E-state index < -0.39 is 0 Å². The molecule has 3 heterocycles. The van der Waals surface area contributed by atoms with Crippen molar-refractivity contribution in [3.05, 3.63) is 34.4 Å². The molecule has 0 bridgehead atoms. The molecule has 1 aromatic heterocycles. The van der Waals surface area contributed by atoms with Crippen molar-refractivity contribution in [1.82, 2.24) is 19.7 Å². The molecule has 2 aliphatic rings. The molecule has 30 heavy (non-hydrogen) atoms. The molecule has 1 atom stereocenters. The van der Waals surface area contributed by atoms with Crippen LogP contribution in [0, 0.1) is 0 Å². The van der Waals surface area contributed by atoms with Crippen molar-refractivity contribution in [2.45, 2.75) is 64.5 Å². The number of benzene rings is 1. The minimum absolute atomic E-state index is 0.0577. The number of amides is 1. The second kappa shape index (κ2) is 9.25. The molecule has 0 saturated carbocycles. The Kier molecular flexibility index (Phi) is 6.46. The van der Waals surface area contributed by atoms with Gasteiger partial charge in [0.05, 0.1) is 24.8 Å². The molecule has 1 aromatic carbocycles. The van der Waals surface area contributed by atoms with Crippen LogP contribution in [0.4, 0.5) is 0 Å². The van der Waals surface area contributed by atoms with Gasteiger partial charge in [-0.25, -0.2) is 0 Å². The molecule has 2 aromatic rings. The summed E-state index contributed by atoms with van der Waals surface area (Å²) in [6.07, 6.45) is 7.15. The van der Waals surface area contributed by atoms with Crippen LogP contribution >= 0.6 is 11.6 Å². The van der Waals surface area contributed by atoms with Crippen LogP contribution < -0.4 is 9.47 Å². The fourth-order valence-electron chi connectivity index (χ4n) is 4.39. The highest BCUT2D eigenvalue weighted by molar-refractivity contribution is 6.32. The molecule has 1 saturated heterocycles. The molecule has 8 heteroatoms. The average Bonchev–Trinajstić information content (AvgIpc) is 3.32. The Hall–Kier alpha value is -2.28. The Balaban J connectivity index is 1.61. The molecule has 1 fully saturated rings. The highest BCUT2D eigenvalue weighted by Crippen LogP contribution is 2.39. The molecular weight excluding hydrogens is 404 g/mol. The van der Waals surface area contributed by atoms with Gasteiger partial charge in [-0.2, -0.15) is 0 Å². The number of halogens is 1. The molecule has 0 N–H and O–H groups in total. The summed E-state index contributed by atoms with van der Waals surface area (Å²) in [4.78, 5) is 15.4. The van der Waals surface area contributed by atoms with E-state index in [1.165, 1.54) is 6.42 Å². The molecule has 0 spiro atoms. The minimum Gasteiger partial charge on any atom is -0.493 e. The minimum atomic E-state index is -0.0642. The first-order chi connectivity index (χ1) is 14.6. The van der Waals surface area contributed by atoms with E-state index in [1.807, 2.05) is 11.8 Å². The van der Waals surface area contributed by atoms with E-state index in [0.717, 1.165) is 56.7 Å². The second-order valence-electron chi connectivity index (χ2n) is 7.93. The maximum absolute atomic E-state index is 13.4. The van der Waals surface area contributed by atoms with Crippen molar-refractivity contribution in [2.75, 3.05) is 20.3 Å². The number of aryl methyl sites for hydroxylation is 1. The van der Waals surface area contributed by atoms with E-state index in [1.54, 1.807) is 19.2 Å². The molecule has 7 nitrogen and oxygen atoms in total. The standard InChI is InChI=1S/C22H29ClN4O3/c1-3-12-30-20-16(23)13-15(14-18(20)29-2)22(28)26-11-7-8-17(26)21-25-24-19-9-5-4-6-10-27(19)21/h13-14,17H,3-12H2,1-2H3. The second-order valence-corrected chi connectivity index (χ2v) is 8.34. The molecule has 2 aliphatic heterocycles. The third-order valence-corrected chi connectivity index (χ3v) is 6.16. The van der Waals surface area contributed by atoms with Gasteiger partial charge < -0.3 is 18.9 Å². The summed E-state index contributed by atoms with van der Waals surface area (Å²) in [5, 5.41) is 9.31. The number of ether oxygens (including phenoxy) is 2. The van der Waals surface area contributed by atoms with Crippen molar-refractivity contribution in [2.24, 2.45) is 0 Å². The molecule has 0 radical (unpaired) electrons. The molecule has 162 valence electrons. The number of likely N-dealkylation sites (tertiary alicyclic amines) is 1. The molecule has 1 unspecified atom stereocenters. The van der Waals surface area contributed by atoms with Gasteiger partial charge in [-0.05, 0) is 44.2 Å². The van der Waals surface area contributed by atoms with E-state index >= 15 is 0 Å². The van der Waals surface area contributed by atoms with Crippen molar-refractivity contribution in [1.29, 1.82) is 0 Å². The number of fused-ring (bicyclic) bond motifs is 1. The average molecular weight is 433 g/mol. The monoisotopic (exact) mass is 432 g/mol. The fraction of sp³-hybridized carbons (Fsp3) is 0.591. The van der Waals surface area contributed by atoms with Gasteiger partial charge in [0.25, 0.3) is 5.91 Å². The number of carbonyl (C=O) groups excluding carboxylic acids is 1. The zero-order valence-corrected chi connectivity index (χ0v) is 18.5. The quantitative estimate of drug-likeness (QED) is 0.675. The van der Waals surface area contributed by atoms with Gasteiger partial charge in [-0.1, -0.05) is 24.9 Å². The summed E-state index contributed by atoms with van der Waals surface area (Å²) in [7, 11) is 1.56. The Bertz CT molecular complexity index is 914. The third-order valence-electron chi connectivity index (χ3n) is 5.88. The number of methoxy groups -OCH3 is 1. The van der Waals surface area contributed by atoms with Crippen molar-refractivity contribution in [3.63, 3.8) is 0 Å². The van der Waals surface area contributed by atoms with Crippen molar-refractivity contribution < 1.29 is 14.3 Å². The van der Waals surface area contributed by atoms with E-state index in [2.05, 4.69) is 14.8 Å². The Morgan fingerprint density at radius 1 is 1.20 bits per heavy atom. The Labute approximate surface area is 182 Å². The number of nitrogens with zero attached hydrogens (tertiary/aromatic N) is 4. The largest absolute Gasteiger partial charge is 0.493 e. The number of rotatable bonds is 6. The number of aromatic nitrogens is 3. The normalized spacial score (nSPS) is 18.8. The summed E-state index contributed by atoms with van der Waals surface area (Å²) in [6, 6.07) is 3.34. The van der Waals surface area contributed by atoms with Crippen LogP contribution in [0.1, 0.15) is 73.5 Å². The lowest BCUT2D eigenvalue weighted by Crippen LogP contribution is -2.32. The predicted molar refractivity (Wildman–Crippen MR) is 114 cm³/mol. The smallest absolute Gasteiger partial charge is 0.254 e. The molecule has 1 amide bonds. The van der Waals surface area contributed by atoms with Gasteiger partial charge in [-0.3, -0.25) is 4.79 Å². The van der Waals surface area contributed by atoms with Gasteiger partial charge in [0.1, 0.15) is 5.82 Å². The maximum Gasteiger partial charge on any atom is 0.254 e. The molecule has 0 aliphatic carbocycles. The van der Waals surface area contributed by atoms with Crippen LogP contribution in [0.25, 0.3) is 0 Å². The van der Waals surface area contributed by atoms with E-state index in [-0.39, 0.29) is 11.9 Å². The van der Waals surface area contributed by atoms with E-state index in [4.69, 9.17) is 21.1 Å². The lowest BCUT2D eigenvalue weighted by Gasteiger charge is -2.25. The van der Waals surface area contributed by atoms with Crippen LogP contribution in [-0.2, 0) is 13.0 Å². The van der Waals surface area contributed by atoms with Gasteiger partial charge in [0.2, 0.25) is 0 Å². The Morgan fingerprint density at radius 3 is 2.87 bits per heavy atom. The number of hydrogen-bond acceptors (Lipinski definition) is 5. The first kappa shape index (κ1) is 21.0. The number of carbonyl (C=O) groups is 1. The van der Waals surface area contributed by atoms with Crippen LogP contribution in [0.5, 0.6) is 11.5 Å². The zero-order chi connectivity index (χ0) is 21.1. The van der Waals surface area contributed by atoms with Gasteiger partial charge in [0, 0.05) is 25.1 Å². The summed E-state index contributed by atoms with van der Waals surface area (Å²) in [5.74, 6) is 2.86. The van der Waals surface area contributed by atoms with Crippen LogP contribution in [0.15, 0.2) is 12.1 Å².